The van der Waals surface area contributed by atoms with Gasteiger partial charge in [0, 0.05) is 31.2 Å². The molecule has 0 bridgehead atoms. The molecule has 0 unspecified atom stereocenters. The highest BCUT2D eigenvalue weighted by Crippen LogP contribution is 2.29. The highest BCUT2D eigenvalue weighted by Gasteiger charge is 2.22. The molecule has 1 fully saturated rings. The molecule has 1 aromatic heterocycles. The van der Waals surface area contributed by atoms with Crippen LogP contribution >= 0.6 is 0 Å². The van der Waals surface area contributed by atoms with Crippen LogP contribution in [0.5, 0.6) is 0 Å². The summed E-state index contributed by atoms with van der Waals surface area (Å²) in [4.78, 5) is 19.4. The summed E-state index contributed by atoms with van der Waals surface area (Å²) < 4.78 is 13.9. The lowest BCUT2D eigenvalue weighted by Gasteiger charge is -2.27. The molecular formula is C22H22FN3O. The summed E-state index contributed by atoms with van der Waals surface area (Å²) in [7, 11) is 0. The molecule has 0 aliphatic carbocycles. The fourth-order valence-electron chi connectivity index (χ4n) is 3.57. The molecule has 4 rings (SSSR count). The number of benzene rings is 2. The second-order valence-corrected chi connectivity index (χ2v) is 6.90. The van der Waals surface area contributed by atoms with Crippen molar-refractivity contribution in [2.24, 2.45) is 0 Å². The van der Waals surface area contributed by atoms with E-state index in [2.05, 4.69) is 10.3 Å². The van der Waals surface area contributed by atoms with Crippen molar-refractivity contribution in [2.75, 3.05) is 18.4 Å². The molecule has 1 N–H and O–H groups in total. The van der Waals surface area contributed by atoms with E-state index < -0.39 is 0 Å². The van der Waals surface area contributed by atoms with E-state index in [0.717, 1.165) is 37.9 Å². The van der Waals surface area contributed by atoms with Crippen LogP contribution in [0.3, 0.4) is 0 Å². The van der Waals surface area contributed by atoms with Crippen LogP contribution in [-0.2, 0) is 6.54 Å². The first-order valence-electron chi connectivity index (χ1n) is 9.38. The predicted molar refractivity (Wildman–Crippen MR) is 105 cm³/mol. The van der Waals surface area contributed by atoms with Gasteiger partial charge in [0.15, 0.2) is 0 Å². The van der Waals surface area contributed by atoms with Crippen LogP contribution < -0.4 is 5.32 Å². The summed E-state index contributed by atoms with van der Waals surface area (Å²) in [5, 5.41) is 4.00. The van der Waals surface area contributed by atoms with E-state index in [1.807, 2.05) is 35.2 Å². The Morgan fingerprint density at radius 2 is 1.85 bits per heavy atom. The van der Waals surface area contributed by atoms with Gasteiger partial charge in [0.2, 0.25) is 0 Å². The van der Waals surface area contributed by atoms with Gasteiger partial charge in [-0.3, -0.25) is 9.78 Å². The SMILES string of the molecule is O=C(c1cnc2ccc(F)cc2c1NCc1ccccc1)N1CCCCC1. The van der Waals surface area contributed by atoms with Crippen molar-refractivity contribution in [2.45, 2.75) is 25.8 Å². The number of aromatic nitrogens is 1. The Labute approximate surface area is 158 Å². The Balaban J connectivity index is 1.73. The molecule has 1 amide bonds. The quantitative estimate of drug-likeness (QED) is 0.736. The minimum absolute atomic E-state index is 0.0380. The van der Waals surface area contributed by atoms with Crippen molar-refractivity contribution in [3.63, 3.8) is 0 Å². The zero-order chi connectivity index (χ0) is 18.6. The van der Waals surface area contributed by atoms with Gasteiger partial charge in [-0.2, -0.15) is 0 Å². The Morgan fingerprint density at radius 3 is 2.63 bits per heavy atom. The Hall–Kier alpha value is -2.95. The maximum Gasteiger partial charge on any atom is 0.257 e. The van der Waals surface area contributed by atoms with Crippen LogP contribution in [-0.4, -0.2) is 28.9 Å². The summed E-state index contributed by atoms with van der Waals surface area (Å²) >= 11 is 0. The number of nitrogens with one attached hydrogen (secondary N) is 1. The Bertz CT molecular complexity index is 952. The minimum Gasteiger partial charge on any atom is -0.380 e. The molecule has 0 spiro atoms. The number of carbonyl (C=O) groups is 1. The third-order valence-corrected chi connectivity index (χ3v) is 5.02. The molecule has 138 valence electrons. The fraction of sp³-hybridized carbons (Fsp3) is 0.273. The molecule has 1 aliphatic rings. The number of hydrogen-bond acceptors (Lipinski definition) is 3. The normalized spacial score (nSPS) is 14.3. The summed E-state index contributed by atoms with van der Waals surface area (Å²) in [6.07, 6.45) is 4.82. The molecule has 0 saturated carbocycles. The van der Waals surface area contributed by atoms with Gasteiger partial charge in [-0.15, -0.1) is 0 Å². The molecular weight excluding hydrogens is 341 g/mol. The molecule has 3 aromatic rings. The van der Waals surface area contributed by atoms with Crippen molar-refractivity contribution < 1.29 is 9.18 Å². The van der Waals surface area contributed by atoms with Crippen molar-refractivity contribution >= 4 is 22.5 Å². The van der Waals surface area contributed by atoms with Gasteiger partial charge in [0.25, 0.3) is 5.91 Å². The molecule has 5 heteroatoms. The first-order chi connectivity index (χ1) is 13.2. The summed E-state index contributed by atoms with van der Waals surface area (Å²) in [5.74, 6) is -0.376. The highest BCUT2D eigenvalue weighted by atomic mass is 19.1. The van der Waals surface area contributed by atoms with E-state index in [1.165, 1.54) is 12.1 Å². The summed E-state index contributed by atoms with van der Waals surface area (Å²) in [6.45, 7) is 2.08. The zero-order valence-electron chi connectivity index (χ0n) is 15.1. The largest absolute Gasteiger partial charge is 0.380 e. The van der Waals surface area contributed by atoms with E-state index in [9.17, 15) is 9.18 Å². The highest BCUT2D eigenvalue weighted by molar-refractivity contribution is 6.07. The molecule has 2 aromatic carbocycles. The molecule has 1 aliphatic heterocycles. The second-order valence-electron chi connectivity index (χ2n) is 6.90. The number of rotatable bonds is 4. The molecule has 27 heavy (non-hydrogen) atoms. The molecule has 0 radical (unpaired) electrons. The van der Waals surface area contributed by atoms with Crippen molar-refractivity contribution in [3.05, 3.63) is 71.7 Å². The van der Waals surface area contributed by atoms with Crippen molar-refractivity contribution in [1.29, 1.82) is 0 Å². The molecule has 0 atom stereocenters. The lowest BCUT2D eigenvalue weighted by atomic mass is 10.1. The van der Waals surface area contributed by atoms with Crippen LogP contribution in [0.1, 0.15) is 35.2 Å². The van der Waals surface area contributed by atoms with Crippen LogP contribution in [0.2, 0.25) is 0 Å². The molecule has 2 heterocycles. The third kappa shape index (κ3) is 3.77. The lowest BCUT2D eigenvalue weighted by molar-refractivity contribution is 0.0725. The van der Waals surface area contributed by atoms with E-state index >= 15 is 0 Å². The number of hydrogen-bond donors (Lipinski definition) is 1. The summed E-state index contributed by atoms with van der Waals surface area (Å²) in [5.41, 5.74) is 2.92. The Morgan fingerprint density at radius 1 is 1.07 bits per heavy atom. The third-order valence-electron chi connectivity index (χ3n) is 5.02. The number of pyridine rings is 1. The minimum atomic E-state index is -0.338. The van der Waals surface area contributed by atoms with E-state index in [4.69, 9.17) is 0 Å². The van der Waals surface area contributed by atoms with Gasteiger partial charge in [0.05, 0.1) is 16.8 Å². The predicted octanol–water partition coefficient (Wildman–Crippen LogP) is 4.61. The van der Waals surface area contributed by atoms with E-state index in [-0.39, 0.29) is 11.7 Å². The van der Waals surface area contributed by atoms with E-state index in [0.29, 0.717) is 28.7 Å². The zero-order valence-corrected chi connectivity index (χ0v) is 15.1. The standard InChI is InChI=1S/C22H22FN3O/c23-17-9-10-20-18(13-17)21(25-14-16-7-3-1-4-8-16)19(15-24-20)22(27)26-11-5-2-6-12-26/h1,3-4,7-10,13,15H,2,5-6,11-12,14H2,(H,24,25). The van der Waals surface area contributed by atoms with Gasteiger partial charge in [0.1, 0.15) is 5.82 Å². The number of halogens is 1. The van der Waals surface area contributed by atoms with Crippen molar-refractivity contribution in [1.82, 2.24) is 9.88 Å². The number of nitrogens with zero attached hydrogens (tertiary/aromatic N) is 2. The number of fused-ring (bicyclic) bond motifs is 1. The van der Waals surface area contributed by atoms with E-state index in [1.54, 1.807) is 12.3 Å². The smallest absolute Gasteiger partial charge is 0.257 e. The fourth-order valence-corrected chi connectivity index (χ4v) is 3.57. The first-order valence-corrected chi connectivity index (χ1v) is 9.38. The van der Waals surface area contributed by atoms with Gasteiger partial charge in [-0.05, 0) is 43.0 Å². The molecule has 1 saturated heterocycles. The van der Waals surface area contributed by atoms with Crippen molar-refractivity contribution in [3.8, 4) is 0 Å². The maximum absolute atomic E-state index is 13.9. The van der Waals surface area contributed by atoms with Gasteiger partial charge >= 0.3 is 0 Å². The number of carbonyl (C=O) groups excluding carboxylic acids is 1. The van der Waals surface area contributed by atoms with Gasteiger partial charge < -0.3 is 10.2 Å². The average Bonchev–Trinajstić information content (AvgIpc) is 2.72. The topological polar surface area (TPSA) is 45.2 Å². The molecule has 4 nitrogen and oxygen atoms in total. The van der Waals surface area contributed by atoms with Crippen LogP contribution in [0.15, 0.2) is 54.7 Å². The number of piperidine rings is 1. The van der Waals surface area contributed by atoms with Crippen LogP contribution in [0.25, 0.3) is 10.9 Å². The number of anilines is 1. The average molecular weight is 363 g/mol. The maximum atomic E-state index is 13.9. The van der Waals surface area contributed by atoms with Crippen LogP contribution in [0, 0.1) is 5.82 Å². The lowest BCUT2D eigenvalue weighted by Crippen LogP contribution is -2.36. The summed E-state index contributed by atoms with van der Waals surface area (Å²) in [6, 6.07) is 14.4. The van der Waals surface area contributed by atoms with Gasteiger partial charge in [-0.25, -0.2) is 4.39 Å². The monoisotopic (exact) mass is 363 g/mol. The second kappa shape index (κ2) is 7.74. The number of amides is 1. The Kier molecular flexibility index (Phi) is 5.01. The first kappa shape index (κ1) is 17.5. The number of likely N-dealkylation sites (tertiary alicyclic amines) is 1. The van der Waals surface area contributed by atoms with Gasteiger partial charge in [-0.1, -0.05) is 30.3 Å². The van der Waals surface area contributed by atoms with Crippen LogP contribution in [0.4, 0.5) is 10.1 Å².